The average Bonchev–Trinajstić information content (AvgIpc) is 3.07. The van der Waals surface area contributed by atoms with Crippen LogP contribution in [-0.2, 0) is 9.84 Å². The van der Waals surface area contributed by atoms with Crippen LogP contribution in [0.25, 0.3) is 0 Å². The normalized spacial score (nSPS) is 21.7. The van der Waals surface area contributed by atoms with E-state index in [4.69, 9.17) is 4.42 Å². The highest BCUT2D eigenvalue weighted by Gasteiger charge is 2.33. The molecule has 2 unspecified atom stereocenters. The summed E-state index contributed by atoms with van der Waals surface area (Å²) in [5.41, 5.74) is 0. The molecule has 2 rings (SSSR count). The number of sulfone groups is 1. The maximum Gasteiger partial charge on any atom is 0.317 e. The molecule has 2 heterocycles. The molecule has 1 saturated heterocycles. The van der Waals surface area contributed by atoms with Crippen LogP contribution >= 0.6 is 0 Å². The number of amides is 2. The molecule has 0 aromatic carbocycles. The molecule has 1 aliphatic rings. The molecule has 0 aliphatic carbocycles. The fourth-order valence-electron chi connectivity index (χ4n) is 2.57. The number of carbonyl (C=O) groups excluding carboxylic acids is 1. The monoisotopic (exact) mass is 329 g/mol. The van der Waals surface area contributed by atoms with Gasteiger partial charge in [0.25, 0.3) is 0 Å². The van der Waals surface area contributed by atoms with Crippen molar-refractivity contribution in [3.63, 3.8) is 0 Å². The number of carbonyl (C=O) groups is 1. The van der Waals surface area contributed by atoms with Crippen LogP contribution in [0.5, 0.6) is 0 Å². The molecule has 0 radical (unpaired) electrons. The number of nitrogens with one attached hydrogen (secondary N) is 1. The van der Waals surface area contributed by atoms with E-state index in [1.54, 1.807) is 13.3 Å². The average molecular weight is 329 g/mol. The van der Waals surface area contributed by atoms with E-state index >= 15 is 0 Å². The van der Waals surface area contributed by atoms with Crippen molar-refractivity contribution in [2.75, 3.05) is 39.2 Å². The van der Waals surface area contributed by atoms with Crippen molar-refractivity contribution in [3.8, 4) is 0 Å². The number of rotatable bonds is 5. The van der Waals surface area contributed by atoms with Crippen molar-refractivity contribution in [2.24, 2.45) is 0 Å². The van der Waals surface area contributed by atoms with E-state index in [0.717, 1.165) is 5.76 Å². The summed E-state index contributed by atoms with van der Waals surface area (Å²) in [4.78, 5) is 15.7. The Balaban J connectivity index is 1.91. The smallest absolute Gasteiger partial charge is 0.317 e. The number of likely N-dealkylation sites (N-methyl/N-ethyl adjacent to an activating group) is 1. The molecule has 2 atom stereocenters. The molecule has 124 valence electrons. The van der Waals surface area contributed by atoms with Crippen molar-refractivity contribution < 1.29 is 17.6 Å². The van der Waals surface area contributed by atoms with E-state index in [1.165, 1.54) is 4.90 Å². The second kappa shape index (κ2) is 6.70. The first-order chi connectivity index (χ1) is 10.3. The summed E-state index contributed by atoms with van der Waals surface area (Å²) < 4.78 is 28.4. The zero-order valence-corrected chi connectivity index (χ0v) is 14.0. The minimum absolute atomic E-state index is 0.0478. The molecule has 1 fully saturated rings. The fraction of sp³-hybridized carbons (Fsp3) is 0.643. The lowest BCUT2D eigenvalue weighted by molar-refractivity contribution is 0.187. The summed E-state index contributed by atoms with van der Waals surface area (Å²) in [6, 6.07) is 3.10. The Kier molecular flexibility index (Phi) is 5.12. The van der Waals surface area contributed by atoms with E-state index < -0.39 is 9.84 Å². The van der Waals surface area contributed by atoms with E-state index in [1.807, 2.05) is 31.1 Å². The van der Waals surface area contributed by atoms with Gasteiger partial charge < -0.3 is 14.6 Å². The Bertz CT molecular complexity index is 598. The van der Waals surface area contributed by atoms with Gasteiger partial charge in [-0.3, -0.25) is 4.90 Å². The minimum Gasteiger partial charge on any atom is -0.468 e. The van der Waals surface area contributed by atoms with Crippen LogP contribution in [0.3, 0.4) is 0 Å². The Morgan fingerprint density at radius 1 is 1.45 bits per heavy atom. The zero-order chi connectivity index (χ0) is 16.3. The first kappa shape index (κ1) is 16.8. The van der Waals surface area contributed by atoms with Crippen molar-refractivity contribution >= 4 is 15.9 Å². The van der Waals surface area contributed by atoms with Gasteiger partial charge in [0.15, 0.2) is 9.84 Å². The molecule has 0 spiro atoms. The Morgan fingerprint density at radius 2 is 2.18 bits per heavy atom. The number of hydrogen-bond acceptors (Lipinski definition) is 5. The minimum atomic E-state index is -3.00. The summed E-state index contributed by atoms with van der Waals surface area (Å²) in [5, 5.41) is 2.85. The highest BCUT2D eigenvalue weighted by Crippen LogP contribution is 2.19. The molecule has 1 aromatic rings. The van der Waals surface area contributed by atoms with Gasteiger partial charge in [-0.15, -0.1) is 0 Å². The molecule has 1 N–H and O–H groups in total. The van der Waals surface area contributed by atoms with Crippen molar-refractivity contribution in [3.05, 3.63) is 24.2 Å². The molecule has 0 saturated carbocycles. The Morgan fingerprint density at radius 3 is 2.68 bits per heavy atom. The first-order valence-corrected chi connectivity index (χ1v) is 9.03. The molecule has 1 aromatic heterocycles. The van der Waals surface area contributed by atoms with Crippen LogP contribution in [0, 0.1) is 0 Å². The Hall–Kier alpha value is -1.54. The van der Waals surface area contributed by atoms with E-state index in [-0.39, 0.29) is 29.6 Å². The maximum atomic E-state index is 12.2. The van der Waals surface area contributed by atoms with Crippen LogP contribution < -0.4 is 5.32 Å². The van der Waals surface area contributed by atoms with Gasteiger partial charge in [-0.05, 0) is 32.6 Å². The van der Waals surface area contributed by atoms with Crippen LogP contribution in [0.2, 0.25) is 0 Å². The van der Waals surface area contributed by atoms with E-state index in [0.29, 0.717) is 13.0 Å². The lowest BCUT2D eigenvalue weighted by atomic mass is 10.2. The highest BCUT2D eigenvalue weighted by atomic mass is 32.2. The molecule has 7 nitrogen and oxygen atoms in total. The van der Waals surface area contributed by atoms with Gasteiger partial charge in [-0.25, -0.2) is 13.2 Å². The quantitative estimate of drug-likeness (QED) is 0.860. The van der Waals surface area contributed by atoms with Gasteiger partial charge in [-0.2, -0.15) is 0 Å². The lowest BCUT2D eigenvalue weighted by Gasteiger charge is -2.27. The van der Waals surface area contributed by atoms with Gasteiger partial charge in [-0.1, -0.05) is 0 Å². The third-order valence-corrected chi connectivity index (χ3v) is 5.77. The standard InChI is InChI=1S/C14H23N3O4S/c1-16(2)12(13-5-4-7-21-13)9-15-14(18)17(3)11-6-8-22(19,20)10-11/h4-5,7,11-12H,6,8-10H2,1-3H3,(H,15,18). The fourth-order valence-corrected chi connectivity index (χ4v) is 4.35. The second-order valence-electron chi connectivity index (χ2n) is 5.85. The molecule has 2 amide bonds. The van der Waals surface area contributed by atoms with Crippen LogP contribution in [0.4, 0.5) is 4.79 Å². The highest BCUT2D eigenvalue weighted by molar-refractivity contribution is 7.91. The number of furan rings is 1. The summed E-state index contributed by atoms with van der Waals surface area (Å²) in [5.74, 6) is 0.977. The zero-order valence-electron chi connectivity index (χ0n) is 13.2. The molecule has 8 heteroatoms. The largest absolute Gasteiger partial charge is 0.468 e. The van der Waals surface area contributed by atoms with E-state index in [9.17, 15) is 13.2 Å². The number of urea groups is 1. The lowest BCUT2D eigenvalue weighted by Crippen LogP contribution is -2.46. The SMILES string of the molecule is CN(C)C(CNC(=O)N(C)C1CCS(=O)(=O)C1)c1ccco1. The van der Waals surface area contributed by atoms with Crippen LogP contribution in [0.15, 0.2) is 22.8 Å². The molecular formula is C14H23N3O4S. The third kappa shape index (κ3) is 4.01. The van der Waals surface area contributed by atoms with Crippen molar-refractivity contribution in [1.29, 1.82) is 0 Å². The first-order valence-electron chi connectivity index (χ1n) is 7.21. The summed E-state index contributed by atoms with van der Waals surface area (Å²) in [6.45, 7) is 0.392. The number of hydrogen-bond donors (Lipinski definition) is 1. The Labute approximate surface area is 131 Å². The molecular weight excluding hydrogens is 306 g/mol. The molecule has 0 bridgehead atoms. The summed E-state index contributed by atoms with van der Waals surface area (Å²) in [6.07, 6.45) is 2.10. The van der Waals surface area contributed by atoms with Gasteiger partial charge in [0, 0.05) is 19.6 Å². The van der Waals surface area contributed by atoms with Gasteiger partial charge >= 0.3 is 6.03 Å². The van der Waals surface area contributed by atoms with Gasteiger partial charge in [0.2, 0.25) is 0 Å². The van der Waals surface area contributed by atoms with E-state index in [2.05, 4.69) is 5.32 Å². The topological polar surface area (TPSA) is 82.9 Å². The second-order valence-corrected chi connectivity index (χ2v) is 8.08. The predicted molar refractivity (Wildman–Crippen MR) is 83.4 cm³/mol. The summed E-state index contributed by atoms with van der Waals surface area (Å²) >= 11 is 0. The van der Waals surface area contributed by atoms with Crippen molar-refractivity contribution in [2.45, 2.75) is 18.5 Å². The maximum absolute atomic E-state index is 12.2. The third-order valence-electron chi connectivity index (χ3n) is 4.02. The number of nitrogens with zero attached hydrogens (tertiary/aromatic N) is 2. The van der Waals surface area contributed by atoms with Crippen LogP contribution in [0.1, 0.15) is 18.2 Å². The summed E-state index contributed by atoms with van der Waals surface area (Å²) in [7, 11) is 2.46. The molecule has 22 heavy (non-hydrogen) atoms. The predicted octanol–water partition coefficient (Wildman–Crippen LogP) is 0.711. The van der Waals surface area contributed by atoms with Gasteiger partial charge in [0.1, 0.15) is 5.76 Å². The van der Waals surface area contributed by atoms with Gasteiger partial charge in [0.05, 0.1) is 23.8 Å². The molecule has 1 aliphatic heterocycles. The van der Waals surface area contributed by atoms with Crippen LogP contribution in [-0.4, -0.2) is 69.5 Å². The van der Waals surface area contributed by atoms with Crippen molar-refractivity contribution in [1.82, 2.24) is 15.1 Å².